The normalized spacial score (nSPS) is 44.2. The molecule has 0 aromatic rings. The molecule has 0 aromatic carbocycles. The van der Waals surface area contributed by atoms with Gasteiger partial charge in [-0.15, -0.1) is 0 Å². The molecular weight excluding hydrogens is 640 g/mol. The molecular formula is C24H46O22. The molecule has 18 atom stereocenters. The van der Waals surface area contributed by atoms with E-state index >= 15 is 0 Å². The number of hydrogen-bond donors (Lipinski definition) is 17. The molecule has 3 aliphatic rings. The smallest absolute Gasteiger partial charge is 0.219 e. The van der Waals surface area contributed by atoms with Gasteiger partial charge in [-0.25, -0.2) is 0 Å². The topological polar surface area (TPSA) is 390 Å². The fourth-order valence-electron chi connectivity index (χ4n) is 4.79. The van der Waals surface area contributed by atoms with Crippen LogP contribution >= 0.6 is 0 Å². The number of aliphatic hydroxyl groups is 17. The Bertz CT molecular complexity index is 832. The molecule has 0 amide bonds. The Labute approximate surface area is 260 Å². The zero-order valence-corrected chi connectivity index (χ0v) is 24.2. The third-order valence-electron chi connectivity index (χ3n) is 7.67. The van der Waals surface area contributed by atoms with Gasteiger partial charge in [0, 0.05) is 0 Å². The molecule has 3 saturated heterocycles. The minimum atomic E-state index is -2.37. The quantitative estimate of drug-likeness (QED) is 0.0854. The Morgan fingerprint density at radius 3 is 1.48 bits per heavy atom. The molecule has 0 spiro atoms. The lowest BCUT2D eigenvalue weighted by Crippen LogP contribution is -2.61. The van der Waals surface area contributed by atoms with E-state index in [0.29, 0.717) is 0 Å². The van der Waals surface area contributed by atoms with Crippen LogP contribution in [-0.4, -0.2) is 236 Å². The van der Waals surface area contributed by atoms with E-state index in [0.717, 1.165) is 0 Å². The summed E-state index contributed by atoms with van der Waals surface area (Å²) in [6.45, 7) is -4.77. The van der Waals surface area contributed by atoms with Gasteiger partial charge in [-0.05, 0) is 0 Å². The first-order chi connectivity index (χ1) is 21.6. The Morgan fingerprint density at radius 1 is 0.587 bits per heavy atom. The van der Waals surface area contributed by atoms with Crippen LogP contribution in [0.2, 0.25) is 0 Å². The summed E-state index contributed by atoms with van der Waals surface area (Å²) in [5, 5.41) is 161. The number of rotatable bonds is 13. The summed E-state index contributed by atoms with van der Waals surface area (Å²) in [5.41, 5.74) is 0. The summed E-state index contributed by atoms with van der Waals surface area (Å²) in [4.78, 5) is 0. The Hall–Kier alpha value is -0.880. The fourth-order valence-corrected chi connectivity index (χ4v) is 4.79. The van der Waals surface area contributed by atoms with Crippen molar-refractivity contribution in [3.63, 3.8) is 0 Å². The largest absolute Gasteiger partial charge is 0.394 e. The fraction of sp³-hybridized carbons (Fsp3) is 1.00. The van der Waals surface area contributed by atoms with Gasteiger partial charge in [-0.1, -0.05) is 0 Å². The first-order valence-corrected chi connectivity index (χ1v) is 14.0. The molecule has 3 aliphatic heterocycles. The molecule has 0 aliphatic carbocycles. The van der Waals surface area contributed by atoms with Crippen molar-refractivity contribution >= 4 is 0 Å². The lowest BCUT2D eigenvalue weighted by Gasteiger charge is -2.42. The third-order valence-corrected chi connectivity index (χ3v) is 7.67. The van der Waals surface area contributed by atoms with E-state index in [1.165, 1.54) is 0 Å². The molecule has 274 valence electrons. The Kier molecular flexibility index (Phi) is 16.3. The van der Waals surface area contributed by atoms with E-state index in [1.807, 2.05) is 0 Å². The van der Waals surface area contributed by atoms with Gasteiger partial charge < -0.3 is 110 Å². The van der Waals surface area contributed by atoms with Crippen molar-refractivity contribution in [3.05, 3.63) is 0 Å². The van der Waals surface area contributed by atoms with Crippen LogP contribution in [0.4, 0.5) is 0 Å². The molecule has 0 unspecified atom stereocenters. The molecule has 0 aromatic heterocycles. The van der Waals surface area contributed by atoms with Gasteiger partial charge in [0.1, 0.15) is 91.6 Å². The van der Waals surface area contributed by atoms with Gasteiger partial charge >= 0.3 is 0 Å². The maximum atomic E-state index is 10.00. The van der Waals surface area contributed by atoms with Crippen molar-refractivity contribution in [1.29, 1.82) is 0 Å². The standard InChI is InChI=1S/C12H22O11.C12H24O11/c13-1-4-6(16)7(17)8(18)11(21-4)22-9-5(2-14)23-12(20,3-15)10(9)19;13-1-4(16)7(18)11(5(17)2-14)23-12-10(21)9(20)8(19)6(3-15)22-12/h4-11,13-20H,1-3H2;4-21H,1-3H2/t4-,5-,6+,7+,8-,9-,10+,11+,12-;4-,5+,6+,7+,8-,9-,10+,11+,12-/m10/s1. The highest BCUT2D eigenvalue weighted by Crippen LogP contribution is 2.34. The van der Waals surface area contributed by atoms with Gasteiger partial charge in [0.05, 0.1) is 39.6 Å². The highest BCUT2D eigenvalue weighted by molar-refractivity contribution is 4.98. The average molecular weight is 687 g/mol. The Morgan fingerprint density at radius 2 is 1.04 bits per heavy atom. The van der Waals surface area contributed by atoms with Crippen LogP contribution in [0.15, 0.2) is 0 Å². The minimum absolute atomic E-state index is 0.668. The first-order valence-electron chi connectivity index (χ1n) is 14.0. The number of hydrogen-bond acceptors (Lipinski definition) is 22. The summed E-state index contributed by atoms with van der Waals surface area (Å²) in [5.74, 6) is -2.37. The molecule has 0 bridgehead atoms. The van der Waals surface area contributed by atoms with E-state index in [2.05, 4.69) is 0 Å². The van der Waals surface area contributed by atoms with E-state index < -0.39 is 150 Å². The maximum absolute atomic E-state index is 10.00. The van der Waals surface area contributed by atoms with Crippen molar-refractivity contribution in [3.8, 4) is 0 Å². The lowest BCUT2D eigenvalue weighted by molar-refractivity contribution is -0.327. The molecule has 46 heavy (non-hydrogen) atoms. The van der Waals surface area contributed by atoms with Crippen LogP contribution in [0.25, 0.3) is 0 Å². The zero-order chi connectivity index (χ0) is 35.1. The molecule has 3 heterocycles. The maximum Gasteiger partial charge on any atom is 0.219 e. The van der Waals surface area contributed by atoms with Crippen molar-refractivity contribution in [2.24, 2.45) is 0 Å². The number of aliphatic hydroxyl groups excluding tert-OH is 16. The van der Waals surface area contributed by atoms with Crippen LogP contribution in [0.1, 0.15) is 0 Å². The highest BCUT2D eigenvalue weighted by atomic mass is 16.7. The van der Waals surface area contributed by atoms with E-state index in [4.69, 9.17) is 49.2 Å². The molecule has 3 fully saturated rings. The Balaban J connectivity index is 0.000000320. The van der Waals surface area contributed by atoms with Gasteiger partial charge in [-0.3, -0.25) is 0 Å². The van der Waals surface area contributed by atoms with Crippen molar-refractivity contribution in [2.45, 2.75) is 110 Å². The van der Waals surface area contributed by atoms with Crippen molar-refractivity contribution in [2.75, 3.05) is 39.6 Å². The van der Waals surface area contributed by atoms with Gasteiger partial charge in [0.2, 0.25) is 5.79 Å². The second-order valence-electron chi connectivity index (χ2n) is 10.9. The minimum Gasteiger partial charge on any atom is -0.394 e. The lowest BCUT2D eigenvalue weighted by atomic mass is 9.98. The second-order valence-corrected chi connectivity index (χ2v) is 10.9. The molecule has 3 rings (SSSR count). The summed E-state index contributed by atoms with van der Waals surface area (Å²) in [7, 11) is 0. The van der Waals surface area contributed by atoms with Crippen molar-refractivity contribution in [1.82, 2.24) is 0 Å². The van der Waals surface area contributed by atoms with E-state index in [1.54, 1.807) is 0 Å². The second kappa shape index (κ2) is 18.2. The van der Waals surface area contributed by atoms with Gasteiger partial charge in [0.25, 0.3) is 0 Å². The van der Waals surface area contributed by atoms with Crippen LogP contribution in [0.3, 0.4) is 0 Å². The monoisotopic (exact) mass is 686 g/mol. The summed E-state index contributed by atoms with van der Waals surface area (Å²) in [6, 6.07) is 0. The van der Waals surface area contributed by atoms with Crippen molar-refractivity contribution < 1.29 is 110 Å². The van der Waals surface area contributed by atoms with Gasteiger partial charge in [0.15, 0.2) is 12.6 Å². The molecule has 17 N–H and O–H groups in total. The van der Waals surface area contributed by atoms with E-state index in [9.17, 15) is 61.3 Å². The molecule has 22 heteroatoms. The van der Waals surface area contributed by atoms with Gasteiger partial charge in [-0.2, -0.15) is 0 Å². The molecule has 0 saturated carbocycles. The molecule has 22 nitrogen and oxygen atoms in total. The third kappa shape index (κ3) is 9.21. The summed E-state index contributed by atoms with van der Waals surface area (Å²) >= 11 is 0. The van der Waals surface area contributed by atoms with Crippen LogP contribution in [0, 0.1) is 0 Å². The highest BCUT2D eigenvalue weighted by Gasteiger charge is 2.56. The number of ether oxygens (including phenoxy) is 5. The first kappa shape index (κ1) is 41.3. The van der Waals surface area contributed by atoms with E-state index in [-0.39, 0.29) is 0 Å². The predicted octanol–water partition coefficient (Wildman–Crippen LogP) is -11.2. The predicted molar refractivity (Wildman–Crippen MR) is 139 cm³/mol. The summed E-state index contributed by atoms with van der Waals surface area (Å²) in [6.07, 6.45) is -27.3. The van der Waals surface area contributed by atoms with Crippen LogP contribution in [0.5, 0.6) is 0 Å². The van der Waals surface area contributed by atoms with Crippen LogP contribution in [-0.2, 0) is 23.7 Å². The average Bonchev–Trinajstić information content (AvgIpc) is 3.31. The summed E-state index contributed by atoms with van der Waals surface area (Å²) < 4.78 is 25.5. The SMILES string of the molecule is OC[C@@H](O)[C@@H](O[C@@H]1O[C@H](CO)[C@H](O)[C@H](O)[C@H]1O)[C@H](O)[C@@H](O)CO.OC[C@H]1O[C@@H](O[C@@H]2[C@@H](CO)O[C@](O)(CO)[C@H]2O)[C@H](O)[C@@H](O)[C@H]1O. The van der Waals surface area contributed by atoms with Crippen LogP contribution < -0.4 is 0 Å². The molecule has 0 radical (unpaired) electrons. The zero-order valence-electron chi connectivity index (χ0n) is 24.2.